The van der Waals surface area contributed by atoms with Gasteiger partial charge in [0.1, 0.15) is 29.1 Å². The summed E-state index contributed by atoms with van der Waals surface area (Å²) in [5.41, 5.74) is 2.98. The number of nitrogens with one attached hydrogen (secondary N) is 1. The molecule has 2 aromatic rings. The van der Waals surface area contributed by atoms with Crippen molar-refractivity contribution in [3.63, 3.8) is 0 Å². The second kappa shape index (κ2) is 8.91. The third kappa shape index (κ3) is 4.22. The van der Waals surface area contributed by atoms with E-state index in [9.17, 15) is 9.90 Å². The topological polar surface area (TPSA) is 111 Å². The van der Waals surface area contributed by atoms with E-state index in [0.717, 1.165) is 22.6 Å². The number of aromatic nitrogens is 3. The van der Waals surface area contributed by atoms with Crippen molar-refractivity contribution in [1.82, 2.24) is 20.1 Å². The van der Waals surface area contributed by atoms with Crippen LogP contribution >= 0.6 is 0 Å². The minimum Gasteiger partial charge on any atom is -0.480 e. The van der Waals surface area contributed by atoms with Crippen LogP contribution in [0.3, 0.4) is 0 Å². The van der Waals surface area contributed by atoms with Gasteiger partial charge in [0.2, 0.25) is 5.88 Å². The summed E-state index contributed by atoms with van der Waals surface area (Å²) < 4.78 is 19.6. The number of pyridine rings is 1. The molecule has 3 aliphatic heterocycles. The summed E-state index contributed by atoms with van der Waals surface area (Å²) in [5.74, 6) is 5.98. The van der Waals surface area contributed by atoms with Crippen molar-refractivity contribution in [2.75, 3.05) is 37.8 Å². The number of aliphatic carboxylic acids is 1. The minimum atomic E-state index is -0.871. The Morgan fingerprint density at radius 3 is 2.82 bits per heavy atom. The molecule has 0 unspecified atom stereocenters. The zero-order valence-corrected chi connectivity index (χ0v) is 19.6. The molecule has 3 fully saturated rings. The van der Waals surface area contributed by atoms with Gasteiger partial charge in [-0.05, 0) is 31.9 Å². The fourth-order valence-corrected chi connectivity index (χ4v) is 4.71. The SMILES string of the molecule is Cc1cc(C#Cc2cnc(O[C@@H]3CN[C@H](C(=O)O)C3)c(N3CCOC4(COC4)[C@@H]3C)c2)n(C)n1. The molecule has 0 aromatic carbocycles. The average Bonchev–Trinajstić information content (AvgIpc) is 3.38. The standard InChI is InChI=1S/C24H29N5O5/c1-15-8-18(28(3)27-15)5-4-17-9-21(29-6-7-33-24(16(29)2)13-32-14-24)22(26-11-17)34-19-10-20(23(30)31)25-12-19/h8-9,11,16,19-20,25H,6-7,10,12-14H2,1-3H3,(H,30,31)/t16-,19-,20-/m0/s1. The lowest BCUT2D eigenvalue weighted by atomic mass is 9.90. The quantitative estimate of drug-likeness (QED) is 0.628. The van der Waals surface area contributed by atoms with Gasteiger partial charge in [-0.25, -0.2) is 4.98 Å². The number of morpholine rings is 1. The van der Waals surface area contributed by atoms with Gasteiger partial charge in [0.05, 0.1) is 31.6 Å². The molecule has 10 nitrogen and oxygen atoms in total. The molecule has 0 saturated carbocycles. The van der Waals surface area contributed by atoms with Crippen LogP contribution < -0.4 is 15.0 Å². The van der Waals surface area contributed by atoms with Crippen molar-refractivity contribution >= 4 is 11.7 Å². The average molecular weight is 468 g/mol. The highest BCUT2D eigenvalue weighted by atomic mass is 16.6. The second-order valence-corrected chi connectivity index (χ2v) is 9.14. The van der Waals surface area contributed by atoms with E-state index in [1.807, 2.05) is 26.1 Å². The van der Waals surface area contributed by atoms with Crippen LogP contribution in [0, 0.1) is 18.8 Å². The zero-order chi connectivity index (χ0) is 23.9. The van der Waals surface area contributed by atoms with Crippen LogP contribution in [0.5, 0.6) is 5.88 Å². The van der Waals surface area contributed by atoms with Gasteiger partial charge in [0, 0.05) is 38.3 Å². The number of rotatable bonds is 4. The highest BCUT2D eigenvalue weighted by molar-refractivity contribution is 5.74. The van der Waals surface area contributed by atoms with Gasteiger partial charge in [-0.3, -0.25) is 9.48 Å². The highest BCUT2D eigenvalue weighted by Gasteiger charge is 2.50. The Balaban J connectivity index is 1.46. The first-order chi connectivity index (χ1) is 16.3. The van der Waals surface area contributed by atoms with Gasteiger partial charge in [0.25, 0.3) is 0 Å². The molecule has 180 valence electrons. The van der Waals surface area contributed by atoms with Crippen molar-refractivity contribution in [3.05, 3.63) is 35.3 Å². The third-order valence-electron chi connectivity index (χ3n) is 6.79. The molecule has 34 heavy (non-hydrogen) atoms. The number of hydrogen-bond acceptors (Lipinski definition) is 8. The maximum Gasteiger partial charge on any atom is 0.320 e. The van der Waals surface area contributed by atoms with Crippen molar-refractivity contribution in [1.29, 1.82) is 0 Å². The molecular weight excluding hydrogens is 438 g/mol. The molecule has 10 heteroatoms. The van der Waals surface area contributed by atoms with Gasteiger partial charge in [-0.2, -0.15) is 5.10 Å². The Bertz CT molecular complexity index is 1150. The van der Waals surface area contributed by atoms with Gasteiger partial charge in [-0.1, -0.05) is 5.92 Å². The maximum absolute atomic E-state index is 11.3. The molecule has 0 aliphatic carbocycles. The summed E-state index contributed by atoms with van der Waals surface area (Å²) in [4.78, 5) is 18.2. The lowest BCUT2D eigenvalue weighted by molar-refractivity contribution is -0.228. The van der Waals surface area contributed by atoms with Crippen LogP contribution in [0.15, 0.2) is 18.3 Å². The molecule has 0 radical (unpaired) electrons. The number of ether oxygens (including phenoxy) is 3. The third-order valence-corrected chi connectivity index (χ3v) is 6.79. The predicted octanol–water partition coefficient (Wildman–Crippen LogP) is 0.711. The largest absolute Gasteiger partial charge is 0.480 e. The van der Waals surface area contributed by atoms with Crippen molar-refractivity contribution < 1.29 is 24.1 Å². The van der Waals surface area contributed by atoms with Crippen LogP contribution in [0.2, 0.25) is 0 Å². The number of anilines is 1. The Morgan fingerprint density at radius 1 is 1.35 bits per heavy atom. The monoisotopic (exact) mass is 467 g/mol. The van der Waals surface area contributed by atoms with Crippen molar-refractivity contribution in [2.24, 2.45) is 7.05 Å². The van der Waals surface area contributed by atoms with Gasteiger partial charge < -0.3 is 29.5 Å². The van der Waals surface area contributed by atoms with Gasteiger partial charge >= 0.3 is 5.97 Å². The summed E-state index contributed by atoms with van der Waals surface area (Å²) >= 11 is 0. The van der Waals surface area contributed by atoms with Crippen LogP contribution in [0.25, 0.3) is 0 Å². The molecular formula is C24H29N5O5. The van der Waals surface area contributed by atoms with E-state index in [2.05, 4.69) is 39.1 Å². The molecule has 0 amide bonds. The highest BCUT2D eigenvalue weighted by Crippen LogP contribution is 2.38. The molecule has 0 bridgehead atoms. The second-order valence-electron chi connectivity index (χ2n) is 9.14. The normalized spacial score (nSPS) is 25.5. The van der Waals surface area contributed by atoms with E-state index in [-0.39, 0.29) is 17.7 Å². The molecule has 5 rings (SSSR count). The van der Waals surface area contributed by atoms with E-state index >= 15 is 0 Å². The Labute approximate surface area is 198 Å². The lowest BCUT2D eigenvalue weighted by Gasteiger charge is -2.53. The number of hydrogen-bond donors (Lipinski definition) is 2. The van der Waals surface area contributed by atoms with E-state index in [4.69, 9.17) is 14.2 Å². The lowest BCUT2D eigenvalue weighted by Crippen LogP contribution is -2.68. The summed E-state index contributed by atoms with van der Waals surface area (Å²) in [5, 5.41) is 16.6. The molecule has 2 N–H and O–H groups in total. The molecule has 3 saturated heterocycles. The maximum atomic E-state index is 11.3. The summed E-state index contributed by atoms with van der Waals surface area (Å²) in [7, 11) is 1.87. The van der Waals surface area contributed by atoms with E-state index in [1.54, 1.807) is 10.9 Å². The molecule has 3 atom stereocenters. The van der Waals surface area contributed by atoms with E-state index in [0.29, 0.717) is 45.2 Å². The van der Waals surface area contributed by atoms with Crippen molar-refractivity contribution in [3.8, 4) is 17.7 Å². The molecule has 2 aromatic heterocycles. The Morgan fingerprint density at radius 2 is 2.18 bits per heavy atom. The molecule has 5 heterocycles. The smallest absolute Gasteiger partial charge is 0.320 e. The summed E-state index contributed by atoms with van der Waals surface area (Å²) in [6.45, 7) is 6.88. The molecule has 1 spiro atoms. The van der Waals surface area contributed by atoms with Gasteiger partial charge in [-0.15, -0.1) is 0 Å². The fraction of sp³-hybridized carbons (Fsp3) is 0.542. The molecule has 3 aliphatic rings. The number of carboxylic acid groups (broad SMARTS) is 1. The Hall–Kier alpha value is -3.13. The van der Waals surface area contributed by atoms with E-state index < -0.39 is 12.0 Å². The first-order valence-electron chi connectivity index (χ1n) is 11.5. The van der Waals surface area contributed by atoms with E-state index in [1.165, 1.54) is 0 Å². The van der Waals surface area contributed by atoms with Crippen LogP contribution in [0.1, 0.15) is 30.3 Å². The summed E-state index contributed by atoms with van der Waals surface area (Å²) in [6, 6.07) is 3.37. The van der Waals surface area contributed by atoms with Crippen LogP contribution in [-0.2, 0) is 21.3 Å². The Kier molecular flexibility index (Phi) is 5.93. The van der Waals surface area contributed by atoms with Crippen LogP contribution in [0.4, 0.5) is 5.69 Å². The minimum absolute atomic E-state index is 0.0514. The number of nitrogens with zero attached hydrogens (tertiary/aromatic N) is 4. The zero-order valence-electron chi connectivity index (χ0n) is 19.6. The van der Waals surface area contributed by atoms with Gasteiger partial charge in [0.15, 0.2) is 0 Å². The van der Waals surface area contributed by atoms with Crippen LogP contribution in [-0.4, -0.2) is 82.5 Å². The number of carboxylic acids is 1. The fourth-order valence-electron chi connectivity index (χ4n) is 4.71. The predicted molar refractivity (Wildman–Crippen MR) is 123 cm³/mol. The summed E-state index contributed by atoms with van der Waals surface area (Å²) in [6.07, 6.45) is 1.80. The number of aryl methyl sites for hydroxylation is 2. The first kappa shape index (κ1) is 22.7. The first-order valence-corrected chi connectivity index (χ1v) is 11.5. The number of carbonyl (C=O) groups is 1. The van der Waals surface area contributed by atoms with Crippen molar-refractivity contribution in [2.45, 2.75) is 44.1 Å².